The van der Waals surface area contributed by atoms with Gasteiger partial charge in [0.1, 0.15) is 8.07 Å². The van der Waals surface area contributed by atoms with Gasteiger partial charge in [-0.2, -0.15) is 0 Å². The molecular formula is C35H38Si2. The smallest absolute Gasteiger partial charge is 0.0695 e. The highest BCUT2D eigenvalue weighted by atomic mass is 28.4. The van der Waals surface area contributed by atoms with Gasteiger partial charge in [0.2, 0.25) is 0 Å². The maximum atomic E-state index is 2.62. The zero-order valence-corrected chi connectivity index (χ0v) is 24.7. The lowest BCUT2D eigenvalue weighted by atomic mass is 9.89. The first-order valence-electron chi connectivity index (χ1n) is 13.7. The van der Waals surface area contributed by atoms with E-state index in [1.54, 1.807) is 10.4 Å². The standard InChI is InChI=1S/C35H38Si2/c1-5-36(3,4)27-37(6-2)34(30-23-15-9-16-24-30)32(28-19-11-7-12-20-28)33(29-21-13-8-14-22-29)35(37)31-25-17-10-18-26-31/h7-26H,5-6,27H2,1-4H3. The topological polar surface area (TPSA) is 0 Å². The van der Waals surface area contributed by atoms with Crippen LogP contribution in [0, 0.1) is 0 Å². The molecule has 1 heterocycles. The van der Waals surface area contributed by atoms with E-state index in [0.717, 1.165) is 0 Å². The molecule has 4 aromatic rings. The Labute approximate surface area is 225 Å². The van der Waals surface area contributed by atoms with Crippen molar-refractivity contribution >= 4 is 37.7 Å². The molecule has 0 saturated carbocycles. The minimum atomic E-state index is -2.17. The fourth-order valence-electron chi connectivity index (χ4n) is 6.29. The Morgan fingerprint density at radius 3 is 1.11 bits per heavy atom. The van der Waals surface area contributed by atoms with Gasteiger partial charge in [-0.25, -0.2) is 0 Å². The van der Waals surface area contributed by atoms with E-state index < -0.39 is 16.1 Å². The molecular weight excluding hydrogens is 477 g/mol. The van der Waals surface area contributed by atoms with E-state index in [4.69, 9.17) is 0 Å². The first kappa shape index (κ1) is 25.4. The van der Waals surface area contributed by atoms with Gasteiger partial charge in [0.15, 0.2) is 0 Å². The molecule has 0 aliphatic carbocycles. The van der Waals surface area contributed by atoms with Crippen molar-refractivity contribution in [2.75, 3.05) is 0 Å². The predicted octanol–water partition coefficient (Wildman–Crippen LogP) is 10.0. The molecule has 2 heteroatoms. The van der Waals surface area contributed by atoms with Crippen LogP contribution in [0.15, 0.2) is 121 Å². The molecule has 0 nitrogen and oxygen atoms in total. The van der Waals surface area contributed by atoms with Crippen LogP contribution in [-0.2, 0) is 0 Å². The van der Waals surface area contributed by atoms with Gasteiger partial charge in [-0.1, -0.05) is 166 Å². The summed E-state index contributed by atoms with van der Waals surface area (Å²) in [6.07, 6.45) is 0. The van der Waals surface area contributed by atoms with Gasteiger partial charge in [0, 0.05) is 8.07 Å². The molecule has 5 rings (SSSR count). The molecule has 1 aliphatic heterocycles. The van der Waals surface area contributed by atoms with Gasteiger partial charge < -0.3 is 0 Å². The molecule has 0 radical (unpaired) electrons. The van der Waals surface area contributed by atoms with Crippen LogP contribution < -0.4 is 0 Å². The Kier molecular flexibility index (Phi) is 7.32. The van der Waals surface area contributed by atoms with Crippen LogP contribution in [-0.4, -0.2) is 16.1 Å². The molecule has 0 fully saturated rings. The van der Waals surface area contributed by atoms with Gasteiger partial charge in [-0.3, -0.25) is 0 Å². The van der Waals surface area contributed by atoms with Crippen molar-refractivity contribution in [3.8, 4) is 0 Å². The summed E-state index contributed by atoms with van der Waals surface area (Å²) < 4.78 is 0. The fourth-order valence-corrected chi connectivity index (χ4v) is 20.1. The zero-order valence-electron chi connectivity index (χ0n) is 22.7. The minimum absolute atomic E-state index is 1.21. The van der Waals surface area contributed by atoms with E-state index in [1.807, 2.05) is 0 Å². The molecule has 0 atom stereocenters. The molecule has 0 N–H and O–H groups in total. The van der Waals surface area contributed by atoms with Crippen molar-refractivity contribution in [1.29, 1.82) is 0 Å². The van der Waals surface area contributed by atoms with Crippen LogP contribution in [0.1, 0.15) is 36.1 Å². The average molecular weight is 515 g/mol. The van der Waals surface area contributed by atoms with Crippen molar-refractivity contribution in [3.05, 3.63) is 144 Å². The van der Waals surface area contributed by atoms with E-state index in [0.29, 0.717) is 0 Å². The largest absolute Gasteiger partial charge is 0.118 e. The molecule has 0 unspecified atom stereocenters. The summed E-state index contributed by atoms with van der Waals surface area (Å²) in [6, 6.07) is 47.6. The van der Waals surface area contributed by atoms with Crippen molar-refractivity contribution < 1.29 is 0 Å². The van der Waals surface area contributed by atoms with Gasteiger partial charge >= 0.3 is 0 Å². The maximum Gasteiger partial charge on any atom is 0.118 e. The number of rotatable bonds is 8. The van der Waals surface area contributed by atoms with Gasteiger partial charge in [-0.05, 0) is 43.8 Å². The highest BCUT2D eigenvalue weighted by Gasteiger charge is 2.51. The molecule has 4 aromatic carbocycles. The normalized spacial score (nSPS) is 15.4. The second kappa shape index (κ2) is 10.6. The van der Waals surface area contributed by atoms with Crippen LogP contribution in [0.5, 0.6) is 0 Å². The Morgan fingerprint density at radius 2 is 0.811 bits per heavy atom. The number of benzene rings is 4. The summed E-state index contributed by atoms with van der Waals surface area (Å²) >= 11 is 0. The van der Waals surface area contributed by atoms with Crippen molar-refractivity contribution in [2.45, 2.75) is 44.7 Å². The fraction of sp³-hybridized carbons (Fsp3) is 0.200. The average Bonchev–Trinajstić information content (AvgIpc) is 3.25. The molecule has 0 bridgehead atoms. The molecule has 37 heavy (non-hydrogen) atoms. The monoisotopic (exact) mass is 514 g/mol. The minimum Gasteiger partial charge on any atom is -0.0695 e. The number of hydrogen-bond acceptors (Lipinski definition) is 0. The van der Waals surface area contributed by atoms with E-state index in [-0.39, 0.29) is 0 Å². The van der Waals surface area contributed by atoms with Crippen LogP contribution >= 0.6 is 0 Å². The molecule has 0 amide bonds. The van der Waals surface area contributed by atoms with Crippen LogP contribution in [0.4, 0.5) is 0 Å². The van der Waals surface area contributed by atoms with Gasteiger partial charge in [-0.15, -0.1) is 0 Å². The lowest BCUT2D eigenvalue weighted by molar-refractivity contribution is 1.30. The molecule has 186 valence electrons. The summed E-state index contributed by atoms with van der Waals surface area (Å²) in [5.74, 6) is 0. The first-order chi connectivity index (χ1) is 18.0. The third-order valence-corrected chi connectivity index (χ3v) is 20.7. The lowest BCUT2D eigenvalue weighted by Gasteiger charge is -2.39. The Morgan fingerprint density at radius 1 is 0.486 bits per heavy atom. The number of hydrogen-bond donors (Lipinski definition) is 0. The van der Waals surface area contributed by atoms with Crippen molar-refractivity contribution in [2.24, 2.45) is 0 Å². The SMILES string of the molecule is CC[Si](C)(C)C[Si]1(CC)C(c2ccccc2)=C(c2ccccc2)C(c2ccccc2)=C1c1ccccc1. The van der Waals surface area contributed by atoms with Crippen molar-refractivity contribution in [1.82, 2.24) is 0 Å². The second-order valence-electron chi connectivity index (χ2n) is 11.1. The lowest BCUT2D eigenvalue weighted by Crippen LogP contribution is -2.45. The summed E-state index contributed by atoms with van der Waals surface area (Å²) in [4.78, 5) is 0. The van der Waals surface area contributed by atoms with Crippen LogP contribution in [0.2, 0.25) is 30.8 Å². The Hall–Kier alpha value is -3.21. The summed E-state index contributed by atoms with van der Waals surface area (Å²) in [5.41, 5.74) is 9.80. The molecule has 0 spiro atoms. The third kappa shape index (κ3) is 4.76. The highest BCUT2D eigenvalue weighted by molar-refractivity contribution is 7.19. The van der Waals surface area contributed by atoms with Gasteiger partial charge in [0.05, 0.1) is 0 Å². The zero-order chi connectivity index (χ0) is 25.9. The van der Waals surface area contributed by atoms with E-state index >= 15 is 0 Å². The maximum absolute atomic E-state index is 2.62. The summed E-state index contributed by atoms with van der Waals surface area (Å²) in [5, 5.41) is 3.29. The molecule has 0 aromatic heterocycles. The van der Waals surface area contributed by atoms with E-state index in [1.165, 1.54) is 51.2 Å². The van der Waals surface area contributed by atoms with Gasteiger partial charge in [0.25, 0.3) is 0 Å². The molecule has 1 aliphatic rings. The van der Waals surface area contributed by atoms with Crippen molar-refractivity contribution in [3.63, 3.8) is 0 Å². The predicted molar refractivity (Wildman–Crippen MR) is 168 cm³/mol. The van der Waals surface area contributed by atoms with E-state index in [9.17, 15) is 0 Å². The second-order valence-corrected chi connectivity index (χ2v) is 21.4. The number of allylic oxidation sites excluding steroid dienone is 2. The quantitative estimate of drug-likeness (QED) is 0.205. The van der Waals surface area contributed by atoms with Crippen LogP contribution in [0.3, 0.4) is 0 Å². The Balaban J connectivity index is 1.99. The third-order valence-electron chi connectivity index (χ3n) is 8.30. The summed E-state index contributed by atoms with van der Waals surface area (Å²) in [6.45, 7) is 10.1. The summed E-state index contributed by atoms with van der Waals surface area (Å²) in [7, 11) is -3.63. The first-order valence-corrected chi connectivity index (χ1v) is 19.5. The highest BCUT2D eigenvalue weighted by Crippen LogP contribution is 2.59. The van der Waals surface area contributed by atoms with E-state index in [2.05, 4.69) is 148 Å². The van der Waals surface area contributed by atoms with Crippen LogP contribution in [0.25, 0.3) is 21.5 Å². The molecule has 0 saturated heterocycles. The Bertz CT molecular complexity index is 1300.